The van der Waals surface area contributed by atoms with Crippen LogP contribution in [0.4, 0.5) is 10.5 Å². The lowest BCUT2D eigenvalue weighted by molar-refractivity contribution is 0.0697. The average molecular weight is 262 g/mol. The lowest BCUT2D eigenvalue weighted by Crippen LogP contribution is -2.29. The van der Waals surface area contributed by atoms with E-state index in [1.807, 2.05) is 0 Å². The van der Waals surface area contributed by atoms with E-state index in [0.717, 1.165) is 0 Å². The van der Waals surface area contributed by atoms with Gasteiger partial charge in [0, 0.05) is 0 Å². The molecule has 6 heteroatoms. The van der Waals surface area contributed by atoms with Crippen LogP contribution in [-0.4, -0.2) is 30.8 Å². The maximum Gasteiger partial charge on any atom is 0.337 e. The fourth-order valence-corrected chi connectivity index (χ4v) is 1.32. The highest BCUT2D eigenvalue weighted by atomic mass is 16.5. The summed E-state index contributed by atoms with van der Waals surface area (Å²) in [6.45, 7) is 1.85. The fraction of sp³-hybridized carbons (Fsp3) is 0.231. The summed E-state index contributed by atoms with van der Waals surface area (Å²) in [5.74, 6) is 4.54. The second kappa shape index (κ2) is 6.91. The predicted octanol–water partition coefficient (Wildman–Crippen LogP) is 1.54. The van der Waals surface area contributed by atoms with Gasteiger partial charge < -0.3 is 20.5 Å². The fourth-order valence-electron chi connectivity index (χ4n) is 1.32. The van der Waals surface area contributed by atoms with Gasteiger partial charge in [-0.05, 0) is 25.1 Å². The molecule has 0 saturated heterocycles. The van der Waals surface area contributed by atoms with Crippen molar-refractivity contribution in [3.63, 3.8) is 0 Å². The number of carboxylic acid groups (broad SMARTS) is 1. The number of amides is 2. The molecule has 19 heavy (non-hydrogen) atoms. The normalized spacial score (nSPS) is 8.95. The molecule has 0 fully saturated rings. The van der Waals surface area contributed by atoms with Crippen molar-refractivity contribution in [2.24, 2.45) is 0 Å². The number of urea groups is 1. The highest BCUT2D eigenvalue weighted by molar-refractivity contribution is 6.00. The quantitative estimate of drug-likeness (QED) is 0.718. The zero-order chi connectivity index (χ0) is 14.3. The van der Waals surface area contributed by atoms with E-state index >= 15 is 0 Å². The van der Waals surface area contributed by atoms with Gasteiger partial charge in [0.15, 0.2) is 0 Å². The van der Waals surface area contributed by atoms with Crippen LogP contribution in [-0.2, 0) is 0 Å². The Bertz CT molecular complexity index is 543. The monoisotopic (exact) mass is 262 g/mol. The van der Waals surface area contributed by atoms with Crippen LogP contribution in [0.2, 0.25) is 0 Å². The van der Waals surface area contributed by atoms with Crippen LogP contribution in [0.25, 0.3) is 0 Å². The van der Waals surface area contributed by atoms with Crippen molar-refractivity contribution in [3.8, 4) is 17.6 Å². The Balaban J connectivity index is 2.84. The lowest BCUT2D eigenvalue weighted by Gasteiger charge is -2.10. The minimum absolute atomic E-state index is 0.0453. The van der Waals surface area contributed by atoms with E-state index < -0.39 is 12.0 Å². The number of nitrogens with one attached hydrogen (secondary N) is 2. The third-order valence-electron chi connectivity index (χ3n) is 2.22. The Morgan fingerprint density at radius 1 is 1.42 bits per heavy atom. The third kappa shape index (κ3) is 4.24. The van der Waals surface area contributed by atoms with Gasteiger partial charge in [0.2, 0.25) is 0 Å². The molecule has 100 valence electrons. The summed E-state index contributed by atoms with van der Waals surface area (Å²) in [5.41, 5.74) is 0.145. The first-order valence-corrected chi connectivity index (χ1v) is 5.44. The van der Waals surface area contributed by atoms with Crippen molar-refractivity contribution >= 4 is 17.7 Å². The molecule has 2 amide bonds. The maximum absolute atomic E-state index is 11.5. The molecular weight excluding hydrogens is 248 g/mol. The molecule has 6 nitrogen and oxygen atoms in total. The number of carbonyl (C=O) groups excluding carboxylic acids is 1. The molecule has 0 aliphatic rings. The van der Waals surface area contributed by atoms with Crippen LogP contribution in [0.15, 0.2) is 18.2 Å². The molecule has 0 unspecified atom stereocenters. The van der Waals surface area contributed by atoms with Gasteiger partial charge >= 0.3 is 12.0 Å². The van der Waals surface area contributed by atoms with Gasteiger partial charge in [-0.25, -0.2) is 9.59 Å². The molecule has 0 aliphatic carbocycles. The zero-order valence-electron chi connectivity index (χ0n) is 10.6. The number of ether oxygens (including phenoxy) is 1. The van der Waals surface area contributed by atoms with E-state index in [0.29, 0.717) is 5.75 Å². The van der Waals surface area contributed by atoms with E-state index in [1.54, 1.807) is 13.0 Å². The number of hydrogen-bond acceptors (Lipinski definition) is 3. The predicted molar refractivity (Wildman–Crippen MR) is 70.4 cm³/mol. The number of carbonyl (C=O) groups is 2. The summed E-state index contributed by atoms with van der Waals surface area (Å²) in [4.78, 5) is 22.6. The molecule has 1 rings (SSSR count). The Hall–Kier alpha value is -2.68. The highest BCUT2D eigenvalue weighted by Crippen LogP contribution is 2.21. The Morgan fingerprint density at radius 2 is 2.16 bits per heavy atom. The summed E-state index contributed by atoms with van der Waals surface area (Å²) in [6.07, 6.45) is 0. The molecule has 0 bridgehead atoms. The van der Waals surface area contributed by atoms with Gasteiger partial charge in [-0.1, -0.05) is 5.92 Å². The second-order valence-corrected chi connectivity index (χ2v) is 3.45. The summed E-state index contributed by atoms with van der Waals surface area (Å²) in [5, 5.41) is 14.0. The van der Waals surface area contributed by atoms with E-state index in [-0.39, 0.29) is 17.8 Å². The molecule has 0 aliphatic heterocycles. The van der Waals surface area contributed by atoms with Crippen molar-refractivity contribution < 1.29 is 19.4 Å². The Kier molecular flexibility index (Phi) is 5.23. The summed E-state index contributed by atoms with van der Waals surface area (Å²) >= 11 is 0. The van der Waals surface area contributed by atoms with Crippen molar-refractivity contribution in [3.05, 3.63) is 23.8 Å². The van der Waals surface area contributed by atoms with Crippen LogP contribution in [0.5, 0.6) is 5.75 Å². The van der Waals surface area contributed by atoms with Gasteiger partial charge in [0.1, 0.15) is 5.75 Å². The largest absolute Gasteiger partial charge is 0.497 e. The van der Waals surface area contributed by atoms with Crippen LogP contribution in [0, 0.1) is 11.8 Å². The van der Waals surface area contributed by atoms with E-state index in [1.165, 1.54) is 19.2 Å². The highest BCUT2D eigenvalue weighted by Gasteiger charge is 2.13. The number of methoxy groups -OCH3 is 1. The van der Waals surface area contributed by atoms with E-state index in [2.05, 4.69) is 22.5 Å². The van der Waals surface area contributed by atoms with Crippen molar-refractivity contribution in [1.82, 2.24) is 5.32 Å². The number of hydrogen-bond donors (Lipinski definition) is 3. The van der Waals surface area contributed by atoms with Crippen molar-refractivity contribution in [1.29, 1.82) is 0 Å². The van der Waals surface area contributed by atoms with Crippen LogP contribution < -0.4 is 15.4 Å². The molecule has 1 aromatic rings. The SMILES string of the molecule is CC#CCNC(=O)Nc1ccc(OC)cc1C(=O)O. The minimum Gasteiger partial charge on any atom is -0.497 e. The average Bonchev–Trinajstić information content (AvgIpc) is 2.39. The molecule has 1 aromatic carbocycles. The van der Waals surface area contributed by atoms with Gasteiger partial charge in [-0.2, -0.15) is 0 Å². The van der Waals surface area contributed by atoms with E-state index in [4.69, 9.17) is 9.84 Å². The van der Waals surface area contributed by atoms with Gasteiger partial charge in [0.25, 0.3) is 0 Å². The number of carboxylic acids is 1. The molecule has 0 spiro atoms. The smallest absolute Gasteiger partial charge is 0.337 e. The van der Waals surface area contributed by atoms with E-state index in [9.17, 15) is 9.59 Å². The van der Waals surface area contributed by atoms with Gasteiger partial charge in [-0.15, -0.1) is 5.92 Å². The summed E-state index contributed by atoms with van der Waals surface area (Å²) < 4.78 is 4.93. The van der Waals surface area contributed by atoms with Gasteiger partial charge in [-0.3, -0.25) is 0 Å². The molecule has 0 saturated carbocycles. The molecular formula is C13H14N2O4. The molecule has 3 N–H and O–H groups in total. The van der Waals surface area contributed by atoms with Gasteiger partial charge in [0.05, 0.1) is 24.9 Å². The second-order valence-electron chi connectivity index (χ2n) is 3.45. The number of rotatable bonds is 4. The zero-order valence-corrected chi connectivity index (χ0v) is 10.6. The van der Waals surface area contributed by atoms with Crippen LogP contribution >= 0.6 is 0 Å². The van der Waals surface area contributed by atoms with Crippen LogP contribution in [0.1, 0.15) is 17.3 Å². The summed E-state index contributed by atoms with van der Waals surface area (Å²) in [6, 6.07) is 3.85. The lowest BCUT2D eigenvalue weighted by atomic mass is 10.1. The number of benzene rings is 1. The number of anilines is 1. The van der Waals surface area contributed by atoms with Crippen molar-refractivity contribution in [2.45, 2.75) is 6.92 Å². The first kappa shape index (κ1) is 14.4. The standard InChI is InChI=1S/C13H14N2O4/c1-3-4-7-14-13(18)15-11-6-5-9(19-2)8-10(11)12(16)17/h5-6,8H,7H2,1-2H3,(H,16,17)(H2,14,15,18). The summed E-state index contributed by atoms with van der Waals surface area (Å²) in [7, 11) is 1.43. The first-order chi connectivity index (χ1) is 9.08. The van der Waals surface area contributed by atoms with Crippen LogP contribution in [0.3, 0.4) is 0 Å². The minimum atomic E-state index is -1.15. The first-order valence-electron chi connectivity index (χ1n) is 5.44. The topological polar surface area (TPSA) is 87.7 Å². The Labute approximate surface area is 110 Å². The Morgan fingerprint density at radius 3 is 2.74 bits per heavy atom. The molecule has 0 heterocycles. The van der Waals surface area contributed by atoms with Crippen molar-refractivity contribution in [2.75, 3.05) is 19.0 Å². The molecule has 0 radical (unpaired) electrons. The molecule has 0 atom stereocenters. The number of aromatic carboxylic acids is 1. The molecule has 0 aromatic heterocycles. The maximum atomic E-state index is 11.5. The third-order valence-corrected chi connectivity index (χ3v) is 2.22.